The second-order valence-corrected chi connectivity index (χ2v) is 10.6. The Morgan fingerprint density at radius 2 is 2.12 bits per heavy atom. The van der Waals surface area contributed by atoms with E-state index < -0.39 is 24.2 Å². The van der Waals surface area contributed by atoms with Crippen molar-refractivity contribution >= 4 is 12.2 Å². The fraction of sp³-hybridized carbons (Fsp3) is 0.680. The van der Waals surface area contributed by atoms with E-state index >= 15 is 0 Å². The van der Waals surface area contributed by atoms with Gasteiger partial charge in [-0.25, -0.2) is 0 Å². The summed E-state index contributed by atoms with van der Waals surface area (Å²) in [7, 11) is 0. The summed E-state index contributed by atoms with van der Waals surface area (Å²) < 4.78 is 0. The summed E-state index contributed by atoms with van der Waals surface area (Å²) >= 11 is 0. The molecule has 176 valence electrons. The lowest BCUT2D eigenvalue weighted by Crippen LogP contribution is -2.62. The Balaban J connectivity index is 1.54. The number of nitrogens with zero attached hydrogens (tertiary/aromatic N) is 1. The van der Waals surface area contributed by atoms with Crippen LogP contribution in [0.4, 0.5) is 0 Å². The van der Waals surface area contributed by atoms with Crippen molar-refractivity contribution in [1.29, 1.82) is 0 Å². The second kappa shape index (κ2) is 8.86. The van der Waals surface area contributed by atoms with Crippen LogP contribution in [-0.2, 0) is 16.2 Å². The number of carbonyl (C=O) groups is 2. The van der Waals surface area contributed by atoms with Crippen LogP contribution in [-0.4, -0.2) is 58.4 Å². The van der Waals surface area contributed by atoms with Crippen molar-refractivity contribution in [2.24, 2.45) is 29.1 Å². The van der Waals surface area contributed by atoms with Crippen molar-refractivity contribution in [2.45, 2.75) is 71.4 Å². The van der Waals surface area contributed by atoms with Crippen LogP contribution in [0.2, 0.25) is 0 Å². The van der Waals surface area contributed by atoms with Crippen molar-refractivity contribution < 1.29 is 24.6 Å². The van der Waals surface area contributed by atoms with Crippen molar-refractivity contribution in [1.82, 2.24) is 10.4 Å². The Bertz CT molecular complexity index is 856. The molecule has 7 nitrogen and oxygen atoms in total. The van der Waals surface area contributed by atoms with E-state index in [1.165, 1.54) is 6.42 Å². The lowest BCUT2D eigenvalue weighted by molar-refractivity contribution is -0.183. The first-order chi connectivity index (χ1) is 15.2. The number of benzene rings is 1. The highest BCUT2D eigenvalue weighted by Crippen LogP contribution is 2.61. The Morgan fingerprint density at radius 3 is 2.72 bits per heavy atom. The smallest absolute Gasteiger partial charge is 0.240 e. The van der Waals surface area contributed by atoms with Gasteiger partial charge in [-0.3, -0.25) is 14.4 Å². The first-order valence-electron chi connectivity index (χ1n) is 11.7. The van der Waals surface area contributed by atoms with Gasteiger partial charge in [-0.05, 0) is 54.6 Å². The SMILES string of the molecule is C[C@H](O)C1[C@H](CO)ON(Cc2cccc(C=O)c2)[C@@H]1C(=O)NC1C[C@H]2C[C@@H]([C@@H]1C)C2(C)C. The number of fused-ring (bicyclic) bond motifs is 2. The molecule has 1 aromatic rings. The van der Waals surface area contributed by atoms with Crippen molar-refractivity contribution in [2.75, 3.05) is 6.61 Å². The maximum atomic E-state index is 13.6. The largest absolute Gasteiger partial charge is 0.394 e. The van der Waals surface area contributed by atoms with Gasteiger partial charge in [-0.1, -0.05) is 39.0 Å². The molecule has 2 bridgehead atoms. The first kappa shape index (κ1) is 23.4. The maximum absolute atomic E-state index is 13.6. The summed E-state index contributed by atoms with van der Waals surface area (Å²) in [5.41, 5.74) is 1.70. The molecule has 2 unspecified atom stereocenters. The molecule has 32 heavy (non-hydrogen) atoms. The molecule has 5 rings (SSSR count). The summed E-state index contributed by atoms with van der Waals surface area (Å²) in [5, 5.41) is 25.2. The number of amides is 1. The van der Waals surface area contributed by atoms with Gasteiger partial charge in [0, 0.05) is 17.5 Å². The molecular formula is C25H36N2O5. The third-order valence-corrected chi connectivity index (χ3v) is 8.49. The van der Waals surface area contributed by atoms with Gasteiger partial charge < -0.3 is 15.5 Å². The van der Waals surface area contributed by atoms with E-state index in [9.17, 15) is 19.8 Å². The summed E-state index contributed by atoms with van der Waals surface area (Å²) in [6.07, 6.45) is 1.48. The molecule has 3 saturated carbocycles. The minimum absolute atomic E-state index is 0.0994. The van der Waals surface area contributed by atoms with Gasteiger partial charge in [-0.15, -0.1) is 0 Å². The fourth-order valence-electron chi connectivity index (χ4n) is 6.43. The van der Waals surface area contributed by atoms with E-state index in [1.807, 2.05) is 6.07 Å². The summed E-state index contributed by atoms with van der Waals surface area (Å²) in [6, 6.07) is 6.50. The van der Waals surface area contributed by atoms with Crippen LogP contribution in [0, 0.1) is 29.1 Å². The Labute approximate surface area is 190 Å². The normalized spacial score (nSPS) is 36.9. The van der Waals surface area contributed by atoms with Crippen molar-refractivity contribution in [3.05, 3.63) is 35.4 Å². The highest BCUT2D eigenvalue weighted by molar-refractivity contribution is 5.83. The zero-order valence-corrected chi connectivity index (χ0v) is 19.4. The molecular weight excluding hydrogens is 408 g/mol. The third kappa shape index (κ3) is 4.00. The summed E-state index contributed by atoms with van der Waals surface area (Å²) in [4.78, 5) is 30.7. The molecule has 3 N–H and O–H groups in total. The minimum atomic E-state index is -0.828. The highest BCUT2D eigenvalue weighted by Gasteiger charge is 2.57. The number of hydrogen-bond donors (Lipinski definition) is 3. The number of nitrogens with one attached hydrogen (secondary N) is 1. The van der Waals surface area contributed by atoms with Gasteiger partial charge in [-0.2, -0.15) is 5.06 Å². The molecule has 1 heterocycles. The van der Waals surface area contributed by atoms with E-state index in [0.717, 1.165) is 18.3 Å². The lowest BCUT2D eigenvalue weighted by atomic mass is 9.45. The molecule has 4 aliphatic rings. The van der Waals surface area contributed by atoms with Crippen LogP contribution in [0.25, 0.3) is 0 Å². The summed E-state index contributed by atoms with van der Waals surface area (Å²) in [6.45, 7) is 8.50. The van der Waals surface area contributed by atoms with Gasteiger partial charge in [0.05, 0.1) is 19.3 Å². The van der Waals surface area contributed by atoms with Crippen molar-refractivity contribution in [3.63, 3.8) is 0 Å². The zero-order valence-electron chi connectivity index (χ0n) is 19.4. The average Bonchev–Trinajstić information content (AvgIpc) is 3.13. The number of hydrogen-bond acceptors (Lipinski definition) is 6. The zero-order chi connectivity index (χ0) is 23.2. The quantitative estimate of drug-likeness (QED) is 0.558. The first-order valence-corrected chi connectivity index (χ1v) is 11.7. The number of aldehydes is 1. The van der Waals surface area contributed by atoms with E-state index in [0.29, 0.717) is 28.7 Å². The van der Waals surface area contributed by atoms with Crippen molar-refractivity contribution in [3.8, 4) is 0 Å². The fourth-order valence-corrected chi connectivity index (χ4v) is 6.43. The van der Waals surface area contributed by atoms with Crippen LogP contribution >= 0.6 is 0 Å². The molecule has 1 saturated heterocycles. The Kier molecular flexibility index (Phi) is 6.47. The second-order valence-electron chi connectivity index (χ2n) is 10.6. The van der Waals surface area contributed by atoms with Gasteiger partial charge >= 0.3 is 0 Å². The monoisotopic (exact) mass is 444 g/mol. The average molecular weight is 445 g/mol. The molecule has 1 amide bonds. The molecule has 0 radical (unpaired) electrons. The van der Waals surface area contributed by atoms with E-state index in [-0.39, 0.29) is 25.1 Å². The van der Waals surface area contributed by atoms with Gasteiger partial charge in [0.15, 0.2) is 0 Å². The summed E-state index contributed by atoms with van der Waals surface area (Å²) in [5.74, 6) is 0.881. The van der Waals surface area contributed by atoms with Gasteiger partial charge in [0.1, 0.15) is 18.4 Å². The number of carbonyl (C=O) groups excluding carboxylic acids is 2. The predicted molar refractivity (Wildman–Crippen MR) is 119 cm³/mol. The molecule has 3 aliphatic carbocycles. The molecule has 7 heteroatoms. The Morgan fingerprint density at radius 1 is 1.38 bits per heavy atom. The van der Waals surface area contributed by atoms with E-state index in [1.54, 1.807) is 30.2 Å². The molecule has 4 fully saturated rings. The van der Waals surface area contributed by atoms with E-state index in [2.05, 4.69) is 26.1 Å². The number of aliphatic hydroxyl groups is 2. The highest BCUT2D eigenvalue weighted by atomic mass is 16.7. The maximum Gasteiger partial charge on any atom is 0.240 e. The number of rotatable bonds is 7. The Hall–Kier alpha value is -1.80. The standard InChI is InChI=1S/C25H36N2O5/c1-14-19-9-18(25(19,3)4)10-20(14)26-24(31)23-22(15(2)30)21(13-29)32-27(23)11-16-6-5-7-17(8-16)12-28/h5-8,12,14-15,18-23,29-30H,9-11,13H2,1-4H3,(H,26,31)/t14-,15-,18+,19-,20?,21-,22?,23-/m0/s1. The molecule has 0 aromatic heterocycles. The molecule has 8 atom stereocenters. The van der Waals surface area contributed by atoms with Crippen LogP contribution in [0.1, 0.15) is 56.5 Å². The van der Waals surface area contributed by atoms with Gasteiger partial charge in [0.2, 0.25) is 5.91 Å². The molecule has 0 spiro atoms. The topological polar surface area (TPSA) is 99.1 Å². The number of aliphatic hydroxyl groups excluding tert-OH is 2. The van der Waals surface area contributed by atoms with Crippen LogP contribution in [0.5, 0.6) is 0 Å². The van der Waals surface area contributed by atoms with Crippen LogP contribution in [0.15, 0.2) is 24.3 Å². The van der Waals surface area contributed by atoms with Gasteiger partial charge in [0.25, 0.3) is 0 Å². The lowest BCUT2D eigenvalue weighted by Gasteiger charge is -2.62. The van der Waals surface area contributed by atoms with E-state index in [4.69, 9.17) is 4.84 Å². The molecule has 1 aliphatic heterocycles. The predicted octanol–water partition coefficient (Wildman–Crippen LogP) is 2.16. The third-order valence-electron chi connectivity index (χ3n) is 8.49. The van der Waals surface area contributed by atoms with Crippen LogP contribution in [0.3, 0.4) is 0 Å². The van der Waals surface area contributed by atoms with Crippen LogP contribution < -0.4 is 5.32 Å². The molecule has 1 aromatic carbocycles. The minimum Gasteiger partial charge on any atom is -0.394 e. The number of hydroxylamine groups is 2.